The maximum absolute atomic E-state index is 15.1. The third kappa shape index (κ3) is 18.1. The van der Waals surface area contributed by atoms with Crippen molar-refractivity contribution in [2.45, 2.75) is 201 Å². The Hall–Kier alpha value is -5.72. The minimum atomic E-state index is -1.65. The largest absolute Gasteiger partial charge is 0.396 e. The Kier molecular flexibility index (Phi) is 27.9. The Morgan fingerprint density at radius 1 is 0.593 bits per heavy atom. The molecule has 15 unspecified atom stereocenters. The number of likely N-dealkylation sites (N-methyl/N-ethyl adjacent to an activating group) is 7. The number of allylic oxidation sites excluding steroid dienone is 2. The zero-order chi connectivity index (χ0) is 62.4. The molecule has 2 aliphatic rings. The third-order valence-corrected chi connectivity index (χ3v) is 15.9. The first-order valence-electron chi connectivity index (χ1n) is 28.6. The summed E-state index contributed by atoms with van der Waals surface area (Å²) in [5.41, 5.74) is 0. The number of carbonyl (C=O) groups is 10. The van der Waals surface area contributed by atoms with Gasteiger partial charge in [0.25, 0.3) is 0 Å². The molecule has 2 heterocycles. The SMILES string of the molecule is CC=CCC(C)C1OC(C)C2C(=O)N(C)C1C(=O)NC(CC)C(=O)N(C)C(C)C(=O)N(C)C(C(C)CO)C(O)NC(C(C)C)C(=O)N(C)CC(=O)NC(C)C(=O)NC(C)C(=O)N(C)C(CC(C)C)C(=O)N(C)C(CC(C)C)C(=O)N2C. The van der Waals surface area contributed by atoms with Crippen LogP contribution < -0.4 is 21.3 Å². The van der Waals surface area contributed by atoms with E-state index in [0.717, 1.165) is 9.80 Å². The van der Waals surface area contributed by atoms with Crippen molar-refractivity contribution in [2.75, 3.05) is 62.5 Å². The fourth-order valence-electron chi connectivity index (χ4n) is 10.6. The quantitative estimate of drug-likeness (QED) is 0.153. The van der Waals surface area contributed by atoms with Crippen molar-refractivity contribution in [1.29, 1.82) is 0 Å². The van der Waals surface area contributed by atoms with Crippen LogP contribution in [0.25, 0.3) is 0 Å². The van der Waals surface area contributed by atoms with Crippen molar-refractivity contribution in [3.8, 4) is 0 Å². The predicted molar refractivity (Wildman–Crippen MR) is 306 cm³/mol. The van der Waals surface area contributed by atoms with Crippen LogP contribution in [0.2, 0.25) is 0 Å². The Morgan fingerprint density at radius 2 is 1.11 bits per heavy atom. The molecule has 0 saturated carbocycles. The lowest BCUT2D eigenvalue weighted by atomic mass is 9.92. The molecule has 2 fully saturated rings. The number of hydrogen-bond donors (Lipinski definition) is 6. The highest BCUT2D eigenvalue weighted by Crippen LogP contribution is 2.30. The molecular formula is C57H101N11O13. The van der Waals surface area contributed by atoms with Crippen LogP contribution >= 0.6 is 0 Å². The van der Waals surface area contributed by atoms with Crippen molar-refractivity contribution in [3.63, 3.8) is 0 Å². The first kappa shape index (κ1) is 71.4. The molecule has 2 aliphatic heterocycles. The van der Waals surface area contributed by atoms with E-state index < -0.39 is 169 Å². The van der Waals surface area contributed by atoms with Crippen LogP contribution in [-0.2, 0) is 52.7 Å². The molecule has 24 nitrogen and oxygen atoms in total. The normalized spacial score (nSPS) is 30.9. The van der Waals surface area contributed by atoms with E-state index in [1.807, 2.05) is 53.7 Å². The molecule has 2 rings (SSSR count). The van der Waals surface area contributed by atoms with Crippen LogP contribution in [0.1, 0.15) is 123 Å². The van der Waals surface area contributed by atoms with Crippen LogP contribution in [0.5, 0.6) is 0 Å². The molecule has 0 radical (unpaired) electrons. The van der Waals surface area contributed by atoms with Crippen LogP contribution in [0.15, 0.2) is 12.2 Å². The highest BCUT2D eigenvalue weighted by molar-refractivity contribution is 5.99. The molecule has 0 aliphatic carbocycles. The molecule has 81 heavy (non-hydrogen) atoms. The summed E-state index contributed by atoms with van der Waals surface area (Å²) in [5, 5.41) is 33.1. The van der Waals surface area contributed by atoms with Gasteiger partial charge in [0.1, 0.15) is 54.6 Å². The summed E-state index contributed by atoms with van der Waals surface area (Å²) in [6.45, 7) is 22.8. The molecular weight excluding hydrogens is 1050 g/mol. The van der Waals surface area contributed by atoms with Gasteiger partial charge in [0, 0.05) is 61.9 Å². The highest BCUT2D eigenvalue weighted by Gasteiger charge is 2.50. The Morgan fingerprint density at radius 3 is 1.60 bits per heavy atom. The number of aliphatic hydroxyl groups is 2. The molecule has 2 saturated heterocycles. The predicted octanol–water partition coefficient (Wildman–Crippen LogP) is 0.387. The van der Waals surface area contributed by atoms with Gasteiger partial charge in [0.15, 0.2) is 0 Å². The summed E-state index contributed by atoms with van der Waals surface area (Å²) in [4.78, 5) is 152. The van der Waals surface area contributed by atoms with Crippen LogP contribution in [0, 0.1) is 29.6 Å². The lowest BCUT2D eigenvalue weighted by Gasteiger charge is -2.40. The summed E-state index contributed by atoms with van der Waals surface area (Å²) in [6.07, 6.45) is 0.906. The Balaban J connectivity index is 2.91. The van der Waals surface area contributed by atoms with E-state index in [1.165, 1.54) is 94.6 Å². The summed E-state index contributed by atoms with van der Waals surface area (Å²) >= 11 is 0. The van der Waals surface area contributed by atoms with Gasteiger partial charge in [-0.25, -0.2) is 0 Å². The van der Waals surface area contributed by atoms with Gasteiger partial charge in [0.2, 0.25) is 59.1 Å². The van der Waals surface area contributed by atoms with Crippen molar-refractivity contribution >= 4 is 59.1 Å². The summed E-state index contributed by atoms with van der Waals surface area (Å²) in [6, 6.07) is -12.1. The molecule has 0 aromatic carbocycles. The van der Waals surface area contributed by atoms with Gasteiger partial charge in [-0.1, -0.05) is 74.5 Å². The second-order valence-electron chi connectivity index (χ2n) is 23.8. The highest BCUT2D eigenvalue weighted by atomic mass is 16.5. The monoisotopic (exact) mass is 1150 g/mol. The third-order valence-electron chi connectivity index (χ3n) is 15.9. The average molecular weight is 1150 g/mol. The number of rotatable bonds is 11. The van der Waals surface area contributed by atoms with Crippen LogP contribution in [0.3, 0.4) is 0 Å². The molecule has 15 atom stereocenters. The molecule has 0 aromatic heterocycles. The van der Waals surface area contributed by atoms with Crippen LogP contribution in [-0.4, -0.2) is 245 Å². The standard InChI is InChI=1S/C57H101N11O13/c1-22-24-25-33(9)47-46-50(73)60-39(23-2)53(76)63(16)37(13)52(75)66(19)44(34(10)29-69)49(72)61-43(32(7)8)56(79)62(15)28-42(70)58-35(11)48(71)59-36(12)51(74)64(17)40(26-30(3)4)54(77)65(18)41(27-31(5)6)55(78)67(20)45(38(14)81-47)57(80)68(46)21/h22,24,30-41,43-47,49,61,69,72H,23,25-29H2,1-21H3,(H,58,70)(H,59,71)(H,60,73). The van der Waals surface area contributed by atoms with E-state index in [4.69, 9.17) is 4.74 Å². The van der Waals surface area contributed by atoms with E-state index in [2.05, 4.69) is 21.3 Å². The summed E-state index contributed by atoms with van der Waals surface area (Å²) in [7, 11) is 9.91. The number of hydrogen-bond acceptors (Lipinski definition) is 14. The van der Waals surface area contributed by atoms with Gasteiger partial charge in [-0.15, -0.1) is 0 Å². The molecule has 6 N–H and O–H groups in total. The first-order valence-corrected chi connectivity index (χ1v) is 28.6. The number of amides is 10. The average Bonchev–Trinajstić information content (AvgIpc) is 3.62. The number of carbonyl (C=O) groups excluding carboxylic acids is 10. The van der Waals surface area contributed by atoms with Crippen molar-refractivity contribution in [3.05, 3.63) is 12.2 Å². The second-order valence-corrected chi connectivity index (χ2v) is 23.8. The number of fused-ring (bicyclic) bond motifs is 3. The van der Waals surface area contributed by atoms with Crippen LogP contribution in [0.4, 0.5) is 0 Å². The van der Waals surface area contributed by atoms with Gasteiger partial charge >= 0.3 is 0 Å². The lowest BCUT2D eigenvalue weighted by Crippen LogP contribution is -2.63. The Bertz CT molecular complexity index is 2230. The van der Waals surface area contributed by atoms with E-state index >= 15 is 9.59 Å². The summed E-state index contributed by atoms with van der Waals surface area (Å²) in [5.74, 6) is -8.60. The molecule has 462 valence electrons. The molecule has 0 aromatic rings. The minimum absolute atomic E-state index is 0.0536. The zero-order valence-electron chi connectivity index (χ0n) is 52.3. The number of ether oxygens (including phenoxy) is 1. The van der Waals surface area contributed by atoms with Gasteiger partial charge in [0.05, 0.1) is 30.8 Å². The lowest BCUT2D eigenvalue weighted by molar-refractivity contribution is -0.155. The van der Waals surface area contributed by atoms with E-state index in [1.54, 1.807) is 34.6 Å². The van der Waals surface area contributed by atoms with E-state index in [0.29, 0.717) is 6.42 Å². The van der Waals surface area contributed by atoms with Gasteiger partial charge in [-0.2, -0.15) is 0 Å². The molecule has 24 heteroatoms. The Labute approximate surface area is 481 Å². The smallest absolute Gasteiger partial charge is 0.248 e. The zero-order valence-corrected chi connectivity index (χ0v) is 52.3. The molecule has 10 amide bonds. The summed E-state index contributed by atoms with van der Waals surface area (Å²) < 4.78 is 6.73. The van der Waals surface area contributed by atoms with E-state index in [9.17, 15) is 48.6 Å². The first-order chi connectivity index (χ1) is 37.5. The van der Waals surface area contributed by atoms with E-state index in [-0.39, 0.29) is 31.1 Å². The number of nitrogens with zero attached hydrogens (tertiary/aromatic N) is 7. The van der Waals surface area contributed by atoms with Gasteiger partial charge in [-0.05, 0) is 84.0 Å². The van der Waals surface area contributed by atoms with Crippen molar-refractivity contribution in [2.24, 2.45) is 29.6 Å². The van der Waals surface area contributed by atoms with Gasteiger partial charge in [-0.3, -0.25) is 53.3 Å². The van der Waals surface area contributed by atoms with Crippen molar-refractivity contribution in [1.82, 2.24) is 55.6 Å². The van der Waals surface area contributed by atoms with Crippen molar-refractivity contribution < 1.29 is 62.9 Å². The fraction of sp³-hybridized carbons (Fsp3) is 0.789. The molecule has 2 bridgehead atoms. The fourth-order valence-corrected chi connectivity index (χ4v) is 10.6. The topological polar surface area (TPSA) is 291 Å². The molecule has 0 spiro atoms. The van der Waals surface area contributed by atoms with Gasteiger partial charge < -0.3 is 65.2 Å². The number of nitrogens with one attached hydrogen (secondary N) is 4. The number of aliphatic hydroxyl groups excluding tert-OH is 2. The minimum Gasteiger partial charge on any atom is -0.396 e. The maximum atomic E-state index is 15.1. The maximum Gasteiger partial charge on any atom is 0.248 e. The second kappa shape index (κ2) is 31.6.